The summed E-state index contributed by atoms with van der Waals surface area (Å²) in [5, 5.41) is 9.15. The highest BCUT2D eigenvalue weighted by Gasteiger charge is 2.29. The lowest BCUT2D eigenvalue weighted by Gasteiger charge is -1.99. The summed E-state index contributed by atoms with van der Waals surface area (Å²) in [6.45, 7) is -0.199. The van der Waals surface area contributed by atoms with Gasteiger partial charge in [-0.15, -0.1) is 4.68 Å². The molecule has 0 saturated carbocycles. The summed E-state index contributed by atoms with van der Waals surface area (Å²) in [6.07, 6.45) is 1.48. The van der Waals surface area contributed by atoms with Crippen molar-refractivity contribution in [3.8, 4) is 0 Å². The van der Waals surface area contributed by atoms with Crippen molar-refractivity contribution < 1.29 is 14.3 Å². The molecule has 2 N–H and O–H groups in total. The van der Waals surface area contributed by atoms with Crippen LogP contribution in [0.2, 0.25) is 0 Å². The average molecular weight is 364 g/mol. The van der Waals surface area contributed by atoms with E-state index >= 15 is 0 Å². The summed E-state index contributed by atoms with van der Waals surface area (Å²) in [7, 11) is 1.41. The number of aromatic nitrogens is 3. The lowest BCUT2D eigenvalue weighted by atomic mass is 10.1. The van der Waals surface area contributed by atoms with E-state index in [0.29, 0.717) is 5.56 Å². The van der Waals surface area contributed by atoms with Crippen molar-refractivity contribution in [1.82, 2.24) is 15.3 Å². The van der Waals surface area contributed by atoms with E-state index in [-0.39, 0.29) is 18.0 Å². The van der Waals surface area contributed by atoms with Gasteiger partial charge in [-0.2, -0.15) is 0 Å². The molecule has 0 unspecified atom stereocenters. The molecule has 8 nitrogen and oxygen atoms in total. The predicted molar refractivity (Wildman–Crippen MR) is 98.8 cm³/mol. The minimum Gasteiger partial charge on any atom is -0.352 e. The van der Waals surface area contributed by atoms with E-state index in [1.165, 1.54) is 17.9 Å². The Labute approximate surface area is 154 Å². The molecule has 0 aliphatic carbocycles. The quantitative estimate of drug-likeness (QED) is 0.380. The minimum absolute atomic E-state index is 0.199. The zero-order valence-corrected chi connectivity index (χ0v) is 14.6. The Morgan fingerprint density at radius 3 is 2.37 bits per heavy atom. The molecule has 0 spiro atoms. The zero-order valence-electron chi connectivity index (χ0n) is 14.6. The van der Waals surface area contributed by atoms with Gasteiger partial charge in [-0.25, -0.2) is 4.79 Å². The maximum atomic E-state index is 12.6. The Morgan fingerprint density at radius 2 is 1.74 bits per heavy atom. The molecule has 3 rings (SSSR count). The second kappa shape index (κ2) is 8.05. The van der Waals surface area contributed by atoms with E-state index in [2.05, 4.69) is 15.6 Å². The van der Waals surface area contributed by atoms with Gasteiger partial charge in [0.05, 0.1) is 6.21 Å². The summed E-state index contributed by atoms with van der Waals surface area (Å²) < 4.78 is 1.19. The molecule has 2 aromatic carbocycles. The van der Waals surface area contributed by atoms with Crippen LogP contribution in [-0.4, -0.2) is 35.0 Å². The van der Waals surface area contributed by atoms with E-state index in [4.69, 9.17) is 0 Å². The number of benzene rings is 2. The standard InChI is InChI=1S/C19H17N5O3/c1-20-18(26)17-19(27)24(21-12-14-8-4-2-5-9-14)22-23(17)13-16(25)15-10-6-3-7-11-15/h2-12H,13H2,1H3,(H-,20,22,26,27)/p+1/b21-12-. The van der Waals surface area contributed by atoms with Crippen LogP contribution in [0.4, 0.5) is 0 Å². The van der Waals surface area contributed by atoms with Gasteiger partial charge >= 0.3 is 17.2 Å². The molecule has 3 aromatic rings. The van der Waals surface area contributed by atoms with Crippen molar-refractivity contribution in [2.45, 2.75) is 6.54 Å². The number of nitrogens with one attached hydrogen (secondary N) is 2. The summed E-state index contributed by atoms with van der Waals surface area (Å²) in [5.41, 5.74) is 0.413. The van der Waals surface area contributed by atoms with Crippen molar-refractivity contribution in [2.75, 3.05) is 7.05 Å². The van der Waals surface area contributed by atoms with E-state index in [1.54, 1.807) is 30.3 Å². The second-order valence-electron chi connectivity index (χ2n) is 5.68. The Balaban J connectivity index is 1.95. The SMILES string of the molecule is CNC(=O)c1c(=O)n(/N=C\c2ccccc2)[nH][n+]1CC(=O)c1ccccc1. The molecule has 27 heavy (non-hydrogen) atoms. The molecule has 0 aliphatic rings. The number of H-pyrrole nitrogens is 1. The highest BCUT2D eigenvalue weighted by atomic mass is 16.2. The van der Waals surface area contributed by atoms with Gasteiger partial charge in [-0.05, 0) is 5.56 Å². The van der Waals surface area contributed by atoms with E-state index in [9.17, 15) is 14.4 Å². The van der Waals surface area contributed by atoms with Gasteiger partial charge in [-0.1, -0.05) is 71.0 Å². The number of hydrogen-bond acceptors (Lipinski definition) is 4. The maximum absolute atomic E-state index is 12.6. The molecule has 0 radical (unpaired) electrons. The van der Waals surface area contributed by atoms with Crippen LogP contribution in [-0.2, 0) is 6.54 Å². The topological polar surface area (TPSA) is 100 Å². The van der Waals surface area contributed by atoms with Gasteiger partial charge in [0, 0.05) is 17.4 Å². The summed E-state index contributed by atoms with van der Waals surface area (Å²) in [5.74, 6) is -0.850. The highest BCUT2D eigenvalue weighted by molar-refractivity contribution is 5.95. The van der Waals surface area contributed by atoms with Gasteiger partial charge in [0.2, 0.25) is 5.78 Å². The number of amides is 1. The van der Waals surface area contributed by atoms with Crippen LogP contribution in [0.1, 0.15) is 26.4 Å². The van der Waals surface area contributed by atoms with Crippen LogP contribution in [0.5, 0.6) is 0 Å². The molecule has 1 amide bonds. The monoisotopic (exact) mass is 364 g/mol. The predicted octanol–water partition coefficient (Wildman–Crippen LogP) is 0.589. The molecule has 0 aliphatic heterocycles. The van der Waals surface area contributed by atoms with Crippen LogP contribution in [0.3, 0.4) is 0 Å². The first-order valence-corrected chi connectivity index (χ1v) is 8.24. The van der Waals surface area contributed by atoms with E-state index < -0.39 is 11.5 Å². The summed E-state index contributed by atoms with van der Waals surface area (Å²) >= 11 is 0. The number of carbonyl (C=O) groups excluding carboxylic acids is 2. The molecule has 1 heterocycles. The van der Waals surface area contributed by atoms with Crippen molar-refractivity contribution >= 4 is 17.9 Å². The zero-order chi connectivity index (χ0) is 19.2. The Bertz CT molecular complexity index is 1040. The molecule has 8 heteroatoms. The molecule has 0 atom stereocenters. The number of Topliss-reactive ketones (excluding diaryl/α,β-unsaturated/α-hetero) is 1. The van der Waals surface area contributed by atoms with Gasteiger partial charge < -0.3 is 5.32 Å². The molecule has 0 saturated heterocycles. The van der Waals surface area contributed by atoms with Crippen LogP contribution in [0.25, 0.3) is 0 Å². The molecule has 0 fully saturated rings. The van der Waals surface area contributed by atoms with Crippen LogP contribution < -0.4 is 15.6 Å². The smallest absolute Gasteiger partial charge is 0.352 e. The lowest BCUT2D eigenvalue weighted by molar-refractivity contribution is -0.744. The van der Waals surface area contributed by atoms with Gasteiger partial charge in [0.25, 0.3) is 0 Å². The van der Waals surface area contributed by atoms with E-state index in [0.717, 1.165) is 10.4 Å². The third-order valence-corrected chi connectivity index (χ3v) is 3.84. The third kappa shape index (κ3) is 4.06. The van der Waals surface area contributed by atoms with Crippen molar-refractivity contribution in [2.24, 2.45) is 5.10 Å². The summed E-state index contributed by atoms with van der Waals surface area (Å²) in [6, 6.07) is 17.8. The molecular weight excluding hydrogens is 346 g/mol. The van der Waals surface area contributed by atoms with Crippen LogP contribution in [0.15, 0.2) is 70.6 Å². The largest absolute Gasteiger partial charge is 0.432 e. The van der Waals surface area contributed by atoms with Crippen molar-refractivity contribution in [3.05, 3.63) is 87.8 Å². The number of aromatic amines is 1. The first-order valence-electron chi connectivity index (χ1n) is 8.24. The third-order valence-electron chi connectivity index (χ3n) is 3.84. The van der Waals surface area contributed by atoms with Crippen molar-refractivity contribution in [1.29, 1.82) is 0 Å². The number of ketones is 1. The maximum Gasteiger partial charge on any atom is 0.432 e. The fourth-order valence-corrected chi connectivity index (χ4v) is 2.48. The first kappa shape index (κ1) is 18.0. The fourth-order valence-electron chi connectivity index (χ4n) is 2.48. The number of nitrogens with zero attached hydrogens (tertiary/aromatic N) is 3. The minimum atomic E-state index is -0.651. The van der Waals surface area contributed by atoms with Gasteiger partial charge in [-0.3, -0.25) is 9.59 Å². The number of rotatable bonds is 6. The normalized spacial score (nSPS) is 10.9. The second-order valence-corrected chi connectivity index (χ2v) is 5.68. The highest BCUT2D eigenvalue weighted by Crippen LogP contribution is 2.00. The van der Waals surface area contributed by atoms with Gasteiger partial charge in [0.15, 0.2) is 6.54 Å². The Kier molecular flexibility index (Phi) is 5.36. The molecular formula is C19H18N5O3+. The molecule has 1 aromatic heterocycles. The fraction of sp³-hybridized carbons (Fsp3) is 0.105. The number of carbonyl (C=O) groups is 2. The Hall–Kier alpha value is -3.81. The van der Waals surface area contributed by atoms with Crippen LogP contribution >= 0.6 is 0 Å². The summed E-state index contributed by atoms with van der Waals surface area (Å²) in [4.78, 5) is 38.1. The first-order chi connectivity index (χ1) is 13.1. The van der Waals surface area contributed by atoms with Crippen molar-refractivity contribution in [3.63, 3.8) is 0 Å². The van der Waals surface area contributed by atoms with Crippen LogP contribution in [0, 0.1) is 0 Å². The lowest BCUT2D eigenvalue weighted by Crippen LogP contribution is -2.48. The Morgan fingerprint density at radius 1 is 1.11 bits per heavy atom. The molecule has 136 valence electrons. The van der Waals surface area contributed by atoms with Gasteiger partial charge in [0.1, 0.15) is 0 Å². The molecule has 0 bridgehead atoms. The number of hydrogen-bond donors (Lipinski definition) is 2. The van der Waals surface area contributed by atoms with E-state index in [1.807, 2.05) is 30.3 Å². The average Bonchev–Trinajstić information content (AvgIpc) is 3.02.